The number of nitrogens with zero attached hydrogens (tertiary/aromatic N) is 3. The summed E-state index contributed by atoms with van der Waals surface area (Å²) >= 11 is 0. The van der Waals surface area contributed by atoms with Gasteiger partial charge < -0.3 is 4.42 Å². The molecule has 0 aliphatic rings. The molecular weight excluding hydrogens is 574 g/mol. The first-order chi connectivity index (χ1) is 23.3. The summed E-state index contributed by atoms with van der Waals surface area (Å²) in [7, 11) is 0. The van der Waals surface area contributed by atoms with Crippen molar-refractivity contribution in [1.29, 1.82) is 0 Å². The van der Waals surface area contributed by atoms with Gasteiger partial charge in [-0.1, -0.05) is 146 Å². The second-order valence-corrected chi connectivity index (χ2v) is 11.6. The van der Waals surface area contributed by atoms with E-state index in [9.17, 15) is 0 Å². The first-order valence-corrected chi connectivity index (χ1v) is 15.7. The maximum absolute atomic E-state index is 6.83. The molecule has 47 heavy (non-hydrogen) atoms. The number of hydrogen-bond donors (Lipinski definition) is 0. The molecule has 0 N–H and O–H groups in total. The molecule has 4 heteroatoms. The lowest BCUT2D eigenvalue weighted by Gasteiger charge is -2.10. The molecule has 9 aromatic rings. The first kappa shape index (κ1) is 27.0. The monoisotopic (exact) mass is 601 g/mol. The Labute approximate surface area is 271 Å². The number of hydrogen-bond acceptors (Lipinski definition) is 4. The smallest absolute Gasteiger partial charge is 0.167 e. The van der Waals surface area contributed by atoms with Crippen molar-refractivity contribution >= 4 is 32.7 Å². The molecule has 0 spiro atoms. The quantitative estimate of drug-likeness (QED) is 0.197. The zero-order valence-corrected chi connectivity index (χ0v) is 25.3. The minimum absolute atomic E-state index is 0.572. The average Bonchev–Trinajstić information content (AvgIpc) is 3.55. The average molecular weight is 602 g/mol. The molecule has 2 heterocycles. The van der Waals surface area contributed by atoms with Crippen LogP contribution in [0, 0.1) is 0 Å². The second-order valence-electron chi connectivity index (χ2n) is 11.6. The minimum Gasteiger partial charge on any atom is -0.455 e. The van der Waals surface area contributed by atoms with Crippen LogP contribution < -0.4 is 0 Å². The highest BCUT2D eigenvalue weighted by Crippen LogP contribution is 2.42. The normalized spacial score (nSPS) is 11.4. The Morgan fingerprint density at radius 3 is 1.47 bits per heavy atom. The summed E-state index contributed by atoms with van der Waals surface area (Å²) in [5.41, 5.74) is 9.00. The van der Waals surface area contributed by atoms with Crippen LogP contribution in [0.1, 0.15) is 0 Å². The highest BCUT2D eigenvalue weighted by molar-refractivity contribution is 6.20. The molecule has 9 rings (SSSR count). The predicted molar refractivity (Wildman–Crippen MR) is 192 cm³/mol. The molecule has 0 bridgehead atoms. The molecule has 0 amide bonds. The van der Waals surface area contributed by atoms with Gasteiger partial charge in [0.25, 0.3) is 0 Å². The third-order valence-electron chi connectivity index (χ3n) is 8.73. The number of furan rings is 1. The van der Waals surface area contributed by atoms with Crippen molar-refractivity contribution < 1.29 is 4.42 Å². The summed E-state index contributed by atoms with van der Waals surface area (Å²) in [5, 5.41) is 4.29. The highest BCUT2D eigenvalue weighted by atomic mass is 16.3. The molecule has 0 radical (unpaired) electrons. The van der Waals surface area contributed by atoms with Crippen LogP contribution in [-0.2, 0) is 0 Å². The van der Waals surface area contributed by atoms with Crippen LogP contribution in [-0.4, -0.2) is 15.0 Å². The second kappa shape index (κ2) is 11.2. The van der Waals surface area contributed by atoms with Gasteiger partial charge in [0.15, 0.2) is 17.5 Å². The highest BCUT2D eigenvalue weighted by Gasteiger charge is 2.20. The van der Waals surface area contributed by atoms with Crippen molar-refractivity contribution in [3.8, 4) is 56.4 Å². The van der Waals surface area contributed by atoms with Crippen molar-refractivity contribution in [2.45, 2.75) is 0 Å². The summed E-state index contributed by atoms with van der Waals surface area (Å²) in [6.07, 6.45) is 0. The molecule has 0 aliphatic carbocycles. The zero-order valence-electron chi connectivity index (χ0n) is 25.3. The summed E-state index contributed by atoms with van der Waals surface area (Å²) in [5.74, 6) is 1.81. The van der Waals surface area contributed by atoms with E-state index in [4.69, 9.17) is 19.4 Å². The number of aromatic nitrogens is 3. The van der Waals surface area contributed by atoms with Crippen molar-refractivity contribution in [2.24, 2.45) is 0 Å². The third kappa shape index (κ3) is 4.75. The topological polar surface area (TPSA) is 51.8 Å². The maximum atomic E-state index is 6.83. The van der Waals surface area contributed by atoms with E-state index in [1.807, 2.05) is 66.7 Å². The molecule has 0 aliphatic heterocycles. The van der Waals surface area contributed by atoms with Gasteiger partial charge in [-0.15, -0.1) is 0 Å². The largest absolute Gasteiger partial charge is 0.455 e. The molecular formula is C43H27N3O. The van der Waals surface area contributed by atoms with Gasteiger partial charge in [-0.2, -0.15) is 0 Å². The van der Waals surface area contributed by atoms with Crippen LogP contribution in [0.4, 0.5) is 0 Å². The van der Waals surface area contributed by atoms with Crippen LogP contribution in [0.2, 0.25) is 0 Å². The summed E-state index contributed by atoms with van der Waals surface area (Å²) in [6.45, 7) is 0. The fraction of sp³-hybridized carbons (Fsp3) is 0. The molecule has 2 aromatic heterocycles. The van der Waals surface area contributed by atoms with Gasteiger partial charge in [-0.05, 0) is 45.8 Å². The Kier molecular flexibility index (Phi) is 6.43. The van der Waals surface area contributed by atoms with Gasteiger partial charge in [-0.25, -0.2) is 15.0 Å². The molecule has 220 valence electrons. The molecule has 0 fully saturated rings. The standard InChI is InChI=1S/C43H27N3O/c1-4-14-28(15-5-1)31-20-12-21-32(26-31)37-27-38-35-24-13-25-36(39(35)47-40(38)34-23-11-10-22-33(34)37)43-45-41(29-16-6-2-7-17-29)44-42(46-43)30-18-8-3-9-19-30/h1-27H. The molecule has 4 nitrogen and oxygen atoms in total. The van der Waals surface area contributed by atoms with E-state index in [-0.39, 0.29) is 0 Å². The van der Waals surface area contributed by atoms with Gasteiger partial charge in [0.1, 0.15) is 11.2 Å². The van der Waals surface area contributed by atoms with Crippen LogP contribution in [0.5, 0.6) is 0 Å². The van der Waals surface area contributed by atoms with Gasteiger partial charge in [0, 0.05) is 27.3 Å². The third-order valence-corrected chi connectivity index (χ3v) is 8.73. The molecule has 0 unspecified atom stereocenters. The van der Waals surface area contributed by atoms with E-state index in [2.05, 4.69) is 97.1 Å². The number of fused-ring (bicyclic) bond motifs is 5. The first-order valence-electron chi connectivity index (χ1n) is 15.7. The van der Waals surface area contributed by atoms with E-state index in [1.54, 1.807) is 0 Å². The summed E-state index contributed by atoms with van der Waals surface area (Å²) in [4.78, 5) is 14.9. The Morgan fingerprint density at radius 2 is 0.787 bits per heavy atom. The Bertz CT molecular complexity index is 2500. The fourth-order valence-electron chi connectivity index (χ4n) is 6.46. The van der Waals surface area contributed by atoms with E-state index < -0.39 is 0 Å². The maximum Gasteiger partial charge on any atom is 0.167 e. The zero-order chi connectivity index (χ0) is 31.2. The van der Waals surface area contributed by atoms with Gasteiger partial charge >= 0.3 is 0 Å². The Hall–Kier alpha value is -6.39. The van der Waals surface area contributed by atoms with Crippen molar-refractivity contribution in [3.63, 3.8) is 0 Å². The van der Waals surface area contributed by atoms with Gasteiger partial charge in [-0.3, -0.25) is 0 Å². The van der Waals surface area contributed by atoms with Crippen molar-refractivity contribution in [1.82, 2.24) is 15.0 Å². The van der Waals surface area contributed by atoms with Gasteiger partial charge in [0.05, 0.1) is 5.56 Å². The van der Waals surface area contributed by atoms with Crippen molar-refractivity contribution in [3.05, 3.63) is 164 Å². The summed E-state index contributed by atoms with van der Waals surface area (Å²) < 4.78 is 6.83. The lowest BCUT2D eigenvalue weighted by atomic mass is 9.93. The van der Waals surface area contributed by atoms with E-state index in [1.165, 1.54) is 11.1 Å². The minimum atomic E-state index is 0.572. The van der Waals surface area contributed by atoms with Crippen LogP contribution >= 0.6 is 0 Å². The molecule has 7 aromatic carbocycles. The van der Waals surface area contributed by atoms with Crippen LogP contribution in [0.15, 0.2) is 168 Å². The number of benzene rings is 7. The van der Waals surface area contributed by atoms with Crippen LogP contribution in [0.25, 0.3) is 89.1 Å². The molecule has 0 atom stereocenters. The van der Waals surface area contributed by atoms with Crippen LogP contribution in [0.3, 0.4) is 0 Å². The molecule has 0 saturated heterocycles. The number of para-hydroxylation sites is 1. The van der Waals surface area contributed by atoms with E-state index in [0.717, 1.165) is 60.5 Å². The Morgan fingerprint density at radius 1 is 0.298 bits per heavy atom. The van der Waals surface area contributed by atoms with Gasteiger partial charge in [0.2, 0.25) is 0 Å². The van der Waals surface area contributed by atoms with Crippen molar-refractivity contribution in [2.75, 3.05) is 0 Å². The summed E-state index contributed by atoms with van der Waals surface area (Å²) in [6, 6.07) is 56.4. The number of rotatable bonds is 5. The van der Waals surface area contributed by atoms with E-state index >= 15 is 0 Å². The Balaban J connectivity index is 1.28. The fourth-order valence-corrected chi connectivity index (χ4v) is 6.46. The van der Waals surface area contributed by atoms with E-state index in [0.29, 0.717) is 17.5 Å². The predicted octanol–water partition coefficient (Wildman–Crippen LogP) is 11.3. The SMILES string of the molecule is c1ccc(-c2cccc(-c3cc4c5cccc(-c6nc(-c7ccccc7)nc(-c7ccccc7)n6)c5oc4c4ccccc34)c2)cc1. The lowest BCUT2D eigenvalue weighted by molar-refractivity contribution is 0.673. The lowest BCUT2D eigenvalue weighted by Crippen LogP contribution is -2.00. The molecule has 0 saturated carbocycles.